The molecule has 0 spiro atoms. The van der Waals surface area contributed by atoms with Gasteiger partial charge in [-0.2, -0.15) is 0 Å². The zero-order valence-corrected chi connectivity index (χ0v) is 14.9. The summed E-state index contributed by atoms with van der Waals surface area (Å²) in [4.78, 5) is 25.8. The van der Waals surface area contributed by atoms with Crippen LogP contribution in [-0.4, -0.2) is 50.4 Å². The van der Waals surface area contributed by atoms with Gasteiger partial charge in [-0.25, -0.2) is 13.1 Å². The molecule has 134 valence electrons. The molecule has 0 aliphatic carbocycles. The first kappa shape index (κ1) is 18.5. The van der Waals surface area contributed by atoms with E-state index in [0.29, 0.717) is 13.0 Å². The molecular formula is C15H22N2O6S. The van der Waals surface area contributed by atoms with Gasteiger partial charge in [-0.1, -0.05) is 13.8 Å². The van der Waals surface area contributed by atoms with Crippen LogP contribution in [0.1, 0.15) is 36.4 Å². The predicted molar refractivity (Wildman–Crippen MR) is 85.1 cm³/mol. The van der Waals surface area contributed by atoms with Crippen LogP contribution >= 0.6 is 0 Å². The highest BCUT2D eigenvalue weighted by Gasteiger charge is 2.48. The molecule has 1 aromatic rings. The zero-order valence-electron chi connectivity index (χ0n) is 14.1. The van der Waals surface area contributed by atoms with E-state index in [1.165, 1.54) is 24.9 Å². The number of sulfonamides is 1. The largest absolute Gasteiger partial charge is 0.481 e. The predicted octanol–water partition coefficient (Wildman–Crippen LogP) is 1.07. The number of carbonyl (C=O) groups is 2. The molecule has 1 fully saturated rings. The first-order chi connectivity index (χ1) is 11.0. The summed E-state index contributed by atoms with van der Waals surface area (Å²) >= 11 is 0. The van der Waals surface area contributed by atoms with Crippen LogP contribution in [0.15, 0.2) is 15.6 Å². The minimum absolute atomic E-state index is 0.0948. The summed E-state index contributed by atoms with van der Waals surface area (Å²) in [7, 11) is -2.54. The molecule has 1 amide bonds. The average Bonchev–Trinajstić information content (AvgIpc) is 3.11. The van der Waals surface area contributed by atoms with Crippen molar-refractivity contribution in [3.8, 4) is 0 Å². The van der Waals surface area contributed by atoms with E-state index in [9.17, 15) is 23.1 Å². The highest BCUT2D eigenvalue weighted by Crippen LogP contribution is 2.39. The molecular weight excluding hydrogens is 336 g/mol. The quantitative estimate of drug-likeness (QED) is 0.813. The molecule has 0 aromatic carbocycles. The SMILES string of the molecule is CNS(=O)(=O)c1cc(C(=O)N2CCC(C(=O)O)(C(C)C)C2)c(C)o1. The van der Waals surface area contributed by atoms with Crippen molar-refractivity contribution in [2.45, 2.75) is 32.3 Å². The lowest BCUT2D eigenvalue weighted by Gasteiger charge is -2.28. The molecule has 1 aliphatic rings. The van der Waals surface area contributed by atoms with Gasteiger partial charge in [0.05, 0.1) is 11.0 Å². The van der Waals surface area contributed by atoms with Crippen molar-refractivity contribution in [3.05, 3.63) is 17.4 Å². The van der Waals surface area contributed by atoms with Gasteiger partial charge in [-0.15, -0.1) is 0 Å². The number of carboxylic acid groups (broad SMARTS) is 1. The third-order valence-electron chi connectivity index (χ3n) is 4.78. The van der Waals surface area contributed by atoms with Gasteiger partial charge < -0.3 is 14.4 Å². The van der Waals surface area contributed by atoms with E-state index in [0.717, 1.165) is 0 Å². The number of nitrogens with one attached hydrogen (secondary N) is 1. The lowest BCUT2D eigenvalue weighted by molar-refractivity contribution is -0.150. The van der Waals surface area contributed by atoms with Crippen molar-refractivity contribution in [1.29, 1.82) is 0 Å². The van der Waals surface area contributed by atoms with Crippen molar-refractivity contribution in [1.82, 2.24) is 9.62 Å². The van der Waals surface area contributed by atoms with Crippen LogP contribution in [0.5, 0.6) is 0 Å². The molecule has 2 heterocycles. The summed E-state index contributed by atoms with van der Waals surface area (Å²) in [6, 6.07) is 1.18. The summed E-state index contributed by atoms with van der Waals surface area (Å²) in [5.41, 5.74) is -0.846. The van der Waals surface area contributed by atoms with Crippen LogP contribution in [0.3, 0.4) is 0 Å². The second-order valence-corrected chi connectivity index (χ2v) is 8.15. The Morgan fingerprint density at radius 3 is 2.50 bits per heavy atom. The molecule has 2 rings (SSSR count). The molecule has 8 nitrogen and oxygen atoms in total. The monoisotopic (exact) mass is 358 g/mol. The van der Waals surface area contributed by atoms with Crippen LogP contribution in [0, 0.1) is 18.3 Å². The Labute approximate surface area is 140 Å². The maximum atomic E-state index is 12.7. The van der Waals surface area contributed by atoms with E-state index < -0.39 is 27.3 Å². The minimum Gasteiger partial charge on any atom is -0.481 e. The number of carbonyl (C=O) groups excluding carboxylic acids is 1. The number of furan rings is 1. The molecule has 1 unspecified atom stereocenters. The number of nitrogens with zero attached hydrogens (tertiary/aromatic N) is 1. The van der Waals surface area contributed by atoms with Gasteiger partial charge in [-0.3, -0.25) is 9.59 Å². The van der Waals surface area contributed by atoms with E-state index in [1.54, 1.807) is 0 Å². The van der Waals surface area contributed by atoms with E-state index in [1.807, 2.05) is 13.8 Å². The Morgan fingerprint density at radius 1 is 1.42 bits per heavy atom. The average molecular weight is 358 g/mol. The van der Waals surface area contributed by atoms with Crippen LogP contribution in [-0.2, 0) is 14.8 Å². The van der Waals surface area contributed by atoms with Crippen LogP contribution < -0.4 is 4.72 Å². The van der Waals surface area contributed by atoms with Gasteiger partial charge in [0.15, 0.2) is 0 Å². The number of hydrogen-bond acceptors (Lipinski definition) is 5. The highest BCUT2D eigenvalue weighted by molar-refractivity contribution is 7.89. The summed E-state index contributed by atoms with van der Waals surface area (Å²) in [6.45, 7) is 5.55. The molecule has 2 N–H and O–H groups in total. The zero-order chi connectivity index (χ0) is 18.3. The van der Waals surface area contributed by atoms with Crippen LogP contribution in [0.25, 0.3) is 0 Å². The Bertz CT molecular complexity index is 767. The van der Waals surface area contributed by atoms with Crippen LogP contribution in [0.2, 0.25) is 0 Å². The highest BCUT2D eigenvalue weighted by atomic mass is 32.2. The molecule has 1 aromatic heterocycles. The number of hydrogen-bond donors (Lipinski definition) is 2. The fourth-order valence-electron chi connectivity index (χ4n) is 2.97. The maximum absolute atomic E-state index is 12.7. The Hall–Kier alpha value is -1.87. The van der Waals surface area contributed by atoms with E-state index >= 15 is 0 Å². The smallest absolute Gasteiger partial charge is 0.311 e. The van der Waals surface area contributed by atoms with E-state index in [2.05, 4.69) is 4.72 Å². The number of rotatable bonds is 5. The van der Waals surface area contributed by atoms with Crippen molar-refractivity contribution < 1.29 is 27.5 Å². The van der Waals surface area contributed by atoms with Gasteiger partial charge in [0.2, 0.25) is 5.09 Å². The van der Waals surface area contributed by atoms with Crippen LogP contribution in [0.4, 0.5) is 0 Å². The van der Waals surface area contributed by atoms with Crippen molar-refractivity contribution in [3.63, 3.8) is 0 Å². The molecule has 24 heavy (non-hydrogen) atoms. The number of aryl methyl sites for hydroxylation is 1. The second-order valence-electron chi connectivity index (χ2n) is 6.34. The van der Waals surface area contributed by atoms with E-state index in [-0.39, 0.29) is 28.9 Å². The number of likely N-dealkylation sites (tertiary alicyclic amines) is 1. The number of amides is 1. The van der Waals surface area contributed by atoms with Crippen molar-refractivity contribution in [2.24, 2.45) is 11.3 Å². The molecule has 1 atom stereocenters. The molecule has 9 heteroatoms. The second kappa shape index (κ2) is 6.21. The third kappa shape index (κ3) is 2.93. The van der Waals surface area contributed by atoms with Gasteiger partial charge in [0, 0.05) is 19.2 Å². The molecule has 1 saturated heterocycles. The third-order valence-corrected chi connectivity index (χ3v) is 6.05. The fourth-order valence-corrected chi connectivity index (χ4v) is 3.68. The Morgan fingerprint density at radius 2 is 2.04 bits per heavy atom. The van der Waals surface area contributed by atoms with E-state index in [4.69, 9.17) is 4.42 Å². The van der Waals surface area contributed by atoms with Gasteiger partial charge in [-0.05, 0) is 26.3 Å². The molecule has 1 aliphatic heterocycles. The lowest BCUT2D eigenvalue weighted by atomic mass is 9.76. The summed E-state index contributed by atoms with van der Waals surface area (Å²) in [5.74, 6) is -1.28. The molecule has 0 radical (unpaired) electrons. The topological polar surface area (TPSA) is 117 Å². The van der Waals surface area contributed by atoms with Gasteiger partial charge >= 0.3 is 5.97 Å². The summed E-state index contributed by atoms with van der Waals surface area (Å²) in [5, 5.41) is 9.22. The number of aliphatic carboxylic acids is 1. The standard InChI is InChI=1S/C15H22N2O6S/c1-9(2)15(14(19)20)5-6-17(8-15)13(18)11-7-12(23-10(11)3)24(21,22)16-4/h7,9,16H,5-6,8H2,1-4H3,(H,19,20). The fraction of sp³-hybridized carbons (Fsp3) is 0.600. The first-order valence-electron chi connectivity index (χ1n) is 7.62. The maximum Gasteiger partial charge on any atom is 0.311 e. The van der Waals surface area contributed by atoms with Gasteiger partial charge in [0.25, 0.3) is 15.9 Å². The lowest BCUT2D eigenvalue weighted by Crippen LogP contribution is -2.40. The minimum atomic E-state index is -3.79. The van der Waals surface area contributed by atoms with Crippen molar-refractivity contribution >= 4 is 21.9 Å². The number of carboxylic acids is 1. The Kier molecular flexibility index (Phi) is 4.78. The summed E-state index contributed by atoms with van der Waals surface area (Å²) < 4.78 is 30.9. The normalized spacial score (nSPS) is 21.5. The van der Waals surface area contributed by atoms with Gasteiger partial charge in [0.1, 0.15) is 5.76 Å². The summed E-state index contributed by atoms with van der Waals surface area (Å²) in [6.07, 6.45) is 0.365. The first-order valence-corrected chi connectivity index (χ1v) is 9.10. The molecule has 0 saturated carbocycles. The van der Waals surface area contributed by atoms with Crippen molar-refractivity contribution in [2.75, 3.05) is 20.1 Å². The molecule has 0 bridgehead atoms. The Balaban J connectivity index is 2.30.